The van der Waals surface area contributed by atoms with Gasteiger partial charge in [-0.3, -0.25) is 4.79 Å². The number of amides is 1. The van der Waals surface area contributed by atoms with Gasteiger partial charge in [0.15, 0.2) is 0 Å². The third-order valence-electron chi connectivity index (χ3n) is 3.52. The Balaban J connectivity index is 2.19. The number of nitrogens with zero attached hydrogens (tertiary/aromatic N) is 1. The third kappa shape index (κ3) is 3.02. The van der Waals surface area contributed by atoms with Gasteiger partial charge in [-0.15, -0.1) is 0 Å². The lowest BCUT2D eigenvalue weighted by Crippen LogP contribution is -2.32. The Hall–Kier alpha value is -2.10. The zero-order valence-corrected chi connectivity index (χ0v) is 10.9. The first kappa shape index (κ1) is 13.3. The van der Waals surface area contributed by atoms with Gasteiger partial charge in [-0.2, -0.15) is 0 Å². The molecule has 0 saturated carbocycles. The van der Waals surface area contributed by atoms with Crippen LogP contribution >= 0.6 is 0 Å². The number of hydrogen-bond acceptors (Lipinski definition) is 2. The molecule has 1 N–H and O–H groups in total. The molecule has 4 nitrogen and oxygen atoms in total. The monoisotopic (exact) mass is 259 g/mol. The van der Waals surface area contributed by atoms with Gasteiger partial charge in [0, 0.05) is 19.2 Å². The van der Waals surface area contributed by atoms with E-state index in [0.29, 0.717) is 0 Å². The topological polar surface area (TPSA) is 57.6 Å². The van der Waals surface area contributed by atoms with Gasteiger partial charge in [0.1, 0.15) is 0 Å². The van der Waals surface area contributed by atoms with Crippen molar-refractivity contribution < 1.29 is 14.7 Å². The standard InChI is InChI=1S/C15H17NO3/c1-16(14(17)9-10-15(18)19)13-8-4-6-11-5-2-3-7-12(11)13/h2-3,5,7,9-10,13H,4,6,8H2,1H3,(H,18,19)/b10-9+. The SMILES string of the molecule is CN(C(=O)/C=C/C(=O)O)C1CCCc2ccccc21. The van der Waals surface area contributed by atoms with Crippen LogP contribution in [0.3, 0.4) is 0 Å². The van der Waals surface area contributed by atoms with E-state index in [-0.39, 0.29) is 11.9 Å². The summed E-state index contributed by atoms with van der Waals surface area (Å²) in [5.41, 5.74) is 2.45. The number of hydrogen-bond donors (Lipinski definition) is 1. The summed E-state index contributed by atoms with van der Waals surface area (Å²) in [5.74, 6) is -1.38. The average molecular weight is 259 g/mol. The second-order valence-electron chi connectivity index (χ2n) is 4.73. The Morgan fingerprint density at radius 3 is 2.79 bits per heavy atom. The van der Waals surface area contributed by atoms with E-state index in [0.717, 1.165) is 31.4 Å². The van der Waals surface area contributed by atoms with E-state index in [1.807, 2.05) is 18.2 Å². The fourth-order valence-electron chi connectivity index (χ4n) is 2.54. The molecule has 1 aliphatic carbocycles. The van der Waals surface area contributed by atoms with Gasteiger partial charge < -0.3 is 10.0 Å². The molecule has 100 valence electrons. The highest BCUT2D eigenvalue weighted by Crippen LogP contribution is 2.33. The van der Waals surface area contributed by atoms with Crippen LogP contribution < -0.4 is 0 Å². The smallest absolute Gasteiger partial charge is 0.328 e. The van der Waals surface area contributed by atoms with E-state index in [9.17, 15) is 9.59 Å². The quantitative estimate of drug-likeness (QED) is 0.846. The highest BCUT2D eigenvalue weighted by atomic mass is 16.4. The number of fused-ring (bicyclic) bond motifs is 1. The first-order chi connectivity index (χ1) is 9.09. The summed E-state index contributed by atoms with van der Waals surface area (Å²) in [6, 6.07) is 8.16. The summed E-state index contributed by atoms with van der Waals surface area (Å²) in [6.07, 6.45) is 4.99. The summed E-state index contributed by atoms with van der Waals surface area (Å²) in [5, 5.41) is 8.55. The summed E-state index contributed by atoms with van der Waals surface area (Å²) in [7, 11) is 1.72. The van der Waals surface area contributed by atoms with Crippen molar-refractivity contribution in [1.29, 1.82) is 0 Å². The third-order valence-corrected chi connectivity index (χ3v) is 3.52. The number of carboxylic acid groups (broad SMARTS) is 1. The molecule has 0 aromatic heterocycles. The number of carbonyl (C=O) groups excluding carboxylic acids is 1. The first-order valence-electron chi connectivity index (χ1n) is 6.35. The van der Waals surface area contributed by atoms with Crippen LogP contribution in [0.15, 0.2) is 36.4 Å². The van der Waals surface area contributed by atoms with Gasteiger partial charge in [0.05, 0.1) is 6.04 Å². The normalized spacial score (nSPS) is 18.1. The number of aliphatic carboxylic acids is 1. The number of benzene rings is 1. The van der Waals surface area contributed by atoms with E-state index in [4.69, 9.17) is 5.11 Å². The van der Waals surface area contributed by atoms with Crippen molar-refractivity contribution >= 4 is 11.9 Å². The minimum atomic E-state index is -1.11. The van der Waals surface area contributed by atoms with Crippen LogP contribution in [-0.4, -0.2) is 28.9 Å². The molecule has 0 saturated heterocycles. The molecule has 1 aromatic rings. The molecule has 19 heavy (non-hydrogen) atoms. The molecule has 0 spiro atoms. The molecule has 0 radical (unpaired) electrons. The molecular weight excluding hydrogens is 242 g/mol. The fourth-order valence-corrected chi connectivity index (χ4v) is 2.54. The second kappa shape index (κ2) is 5.69. The summed E-state index contributed by atoms with van der Waals surface area (Å²) >= 11 is 0. The van der Waals surface area contributed by atoms with Crippen molar-refractivity contribution in [2.75, 3.05) is 7.05 Å². The molecule has 0 aliphatic heterocycles. The zero-order chi connectivity index (χ0) is 13.8. The van der Waals surface area contributed by atoms with Crippen LogP contribution in [0.4, 0.5) is 0 Å². The van der Waals surface area contributed by atoms with Crippen molar-refractivity contribution in [2.45, 2.75) is 25.3 Å². The first-order valence-corrected chi connectivity index (χ1v) is 6.35. The molecule has 2 rings (SSSR count). The minimum Gasteiger partial charge on any atom is -0.478 e. The van der Waals surface area contributed by atoms with Crippen molar-refractivity contribution in [3.05, 3.63) is 47.5 Å². The van der Waals surface area contributed by atoms with Crippen LogP contribution in [-0.2, 0) is 16.0 Å². The predicted octanol–water partition coefficient (Wildman–Crippen LogP) is 2.16. The van der Waals surface area contributed by atoms with E-state index in [2.05, 4.69) is 6.07 Å². The predicted molar refractivity (Wildman–Crippen MR) is 71.7 cm³/mol. The Kier molecular flexibility index (Phi) is 4.00. The zero-order valence-electron chi connectivity index (χ0n) is 10.9. The Bertz CT molecular complexity index is 522. The summed E-state index contributed by atoms with van der Waals surface area (Å²) in [6.45, 7) is 0. The molecule has 4 heteroatoms. The number of carboxylic acids is 1. The van der Waals surface area contributed by atoms with Gasteiger partial charge in [-0.25, -0.2) is 4.79 Å². The molecule has 1 aliphatic rings. The summed E-state index contributed by atoms with van der Waals surface area (Å²) in [4.78, 5) is 24.0. The van der Waals surface area contributed by atoms with Crippen molar-refractivity contribution in [1.82, 2.24) is 4.90 Å². The number of likely N-dealkylation sites (N-methyl/N-ethyl adjacent to an activating group) is 1. The van der Waals surface area contributed by atoms with E-state index in [1.165, 1.54) is 11.1 Å². The van der Waals surface area contributed by atoms with Crippen LogP contribution in [0, 0.1) is 0 Å². The largest absolute Gasteiger partial charge is 0.478 e. The molecule has 1 unspecified atom stereocenters. The van der Waals surface area contributed by atoms with Crippen LogP contribution in [0.1, 0.15) is 30.0 Å². The average Bonchev–Trinajstić information content (AvgIpc) is 2.43. The maximum absolute atomic E-state index is 11.9. The lowest BCUT2D eigenvalue weighted by Gasteiger charge is -2.32. The minimum absolute atomic E-state index is 0.0379. The van der Waals surface area contributed by atoms with E-state index >= 15 is 0 Å². The Labute approximate surface area is 112 Å². The second-order valence-corrected chi connectivity index (χ2v) is 4.73. The van der Waals surface area contributed by atoms with Gasteiger partial charge >= 0.3 is 5.97 Å². The van der Waals surface area contributed by atoms with Crippen LogP contribution in [0.5, 0.6) is 0 Å². The molecule has 0 bridgehead atoms. The lowest BCUT2D eigenvalue weighted by molar-refractivity contribution is -0.132. The maximum atomic E-state index is 11.9. The van der Waals surface area contributed by atoms with Gasteiger partial charge in [0.25, 0.3) is 0 Å². The molecule has 1 aromatic carbocycles. The highest BCUT2D eigenvalue weighted by Gasteiger charge is 2.25. The van der Waals surface area contributed by atoms with Crippen LogP contribution in [0.2, 0.25) is 0 Å². The van der Waals surface area contributed by atoms with Gasteiger partial charge in [-0.05, 0) is 30.4 Å². The molecule has 1 atom stereocenters. The molecular formula is C15H17NO3. The fraction of sp³-hybridized carbons (Fsp3) is 0.333. The summed E-state index contributed by atoms with van der Waals surface area (Å²) < 4.78 is 0. The maximum Gasteiger partial charge on any atom is 0.328 e. The lowest BCUT2D eigenvalue weighted by atomic mass is 9.87. The molecule has 0 heterocycles. The Morgan fingerprint density at radius 2 is 2.05 bits per heavy atom. The number of carbonyl (C=O) groups is 2. The van der Waals surface area contributed by atoms with E-state index in [1.54, 1.807) is 11.9 Å². The van der Waals surface area contributed by atoms with Gasteiger partial charge in [0.2, 0.25) is 5.91 Å². The Morgan fingerprint density at radius 1 is 1.32 bits per heavy atom. The van der Waals surface area contributed by atoms with Gasteiger partial charge in [-0.1, -0.05) is 24.3 Å². The molecule has 1 amide bonds. The van der Waals surface area contributed by atoms with E-state index < -0.39 is 5.97 Å². The van der Waals surface area contributed by atoms with Crippen molar-refractivity contribution in [3.8, 4) is 0 Å². The number of rotatable bonds is 3. The van der Waals surface area contributed by atoms with Crippen molar-refractivity contribution in [3.63, 3.8) is 0 Å². The van der Waals surface area contributed by atoms with Crippen LogP contribution in [0.25, 0.3) is 0 Å². The number of aryl methyl sites for hydroxylation is 1. The molecule has 0 fully saturated rings. The van der Waals surface area contributed by atoms with Crippen molar-refractivity contribution in [2.24, 2.45) is 0 Å². The highest BCUT2D eigenvalue weighted by molar-refractivity contribution is 5.94.